The number of benzene rings is 1. The summed E-state index contributed by atoms with van der Waals surface area (Å²) >= 11 is 0. The molecule has 1 aromatic carbocycles. The second-order valence-electron chi connectivity index (χ2n) is 10.8. The number of H-pyrrole nitrogens is 1. The quantitative estimate of drug-likeness (QED) is 0.155. The number of aromatic amines is 1. The molecule has 0 fully saturated rings. The number of hydrogen-bond donors (Lipinski definition) is 7. The summed E-state index contributed by atoms with van der Waals surface area (Å²) in [5.74, 6) is -2.88. The molecule has 39 heavy (non-hydrogen) atoms. The Morgan fingerprint density at radius 1 is 0.897 bits per heavy atom. The zero-order valence-electron chi connectivity index (χ0n) is 23.3. The number of rotatable bonds is 16. The van der Waals surface area contributed by atoms with E-state index >= 15 is 0 Å². The third-order valence-electron chi connectivity index (χ3n) is 6.65. The van der Waals surface area contributed by atoms with E-state index in [2.05, 4.69) is 20.9 Å². The summed E-state index contributed by atoms with van der Waals surface area (Å²) in [4.78, 5) is 54.6. The number of amides is 3. The highest BCUT2D eigenvalue weighted by Crippen LogP contribution is 2.19. The number of carbonyl (C=O) groups excluding carboxylic acids is 3. The Bertz CT molecular complexity index is 1110. The van der Waals surface area contributed by atoms with Gasteiger partial charge in [0.1, 0.15) is 18.1 Å². The Morgan fingerprint density at radius 3 is 2.13 bits per heavy atom. The lowest BCUT2D eigenvalue weighted by Gasteiger charge is -2.26. The van der Waals surface area contributed by atoms with Crippen LogP contribution in [0.3, 0.4) is 0 Å². The zero-order chi connectivity index (χ0) is 29.1. The molecule has 3 amide bonds. The minimum Gasteiger partial charge on any atom is -0.480 e. The van der Waals surface area contributed by atoms with Crippen LogP contribution in [0.4, 0.5) is 0 Å². The fourth-order valence-electron chi connectivity index (χ4n) is 4.30. The minimum atomic E-state index is -1.15. The second-order valence-corrected chi connectivity index (χ2v) is 10.8. The maximum absolute atomic E-state index is 13.5. The normalized spacial score (nSPS) is 14.6. The van der Waals surface area contributed by atoms with Crippen molar-refractivity contribution < 1.29 is 24.3 Å². The largest absolute Gasteiger partial charge is 0.480 e. The first kappa shape index (κ1) is 31.8. The zero-order valence-corrected chi connectivity index (χ0v) is 23.3. The third kappa shape index (κ3) is 9.67. The van der Waals surface area contributed by atoms with E-state index in [1.165, 1.54) is 0 Å². The van der Waals surface area contributed by atoms with E-state index in [-0.39, 0.29) is 24.7 Å². The molecular weight excluding hydrogens is 500 g/mol. The summed E-state index contributed by atoms with van der Waals surface area (Å²) in [6, 6.07) is 3.63. The van der Waals surface area contributed by atoms with E-state index in [1.807, 2.05) is 52.0 Å². The van der Waals surface area contributed by atoms with Crippen molar-refractivity contribution in [2.24, 2.45) is 23.3 Å². The number of fused-ring (bicyclic) bond motifs is 1. The Hall–Kier alpha value is -3.44. The molecule has 1 aromatic heterocycles. The number of carboxylic acid groups (broad SMARTS) is 1. The third-order valence-corrected chi connectivity index (χ3v) is 6.65. The molecule has 0 saturated heterocycles. The fraction of sp³-hybridized carbons (Fsp3) is 0.571. The molecular formula is C28H44N6O5. The van der Waals surface area contributed by atoms with E-state index < -0.39 is 47.9 Å². The van der Waals surface area contributed by atoms with Gasteiger partial charge in [-0.15, -0.1) is 0 Å². The van der Waals surface area contributed by atoms with Gasteiger partial charge in [-0.25, -0.2) is 4.79 Å². The maximum atomic E-state index is 13.5. The van der Waals surface area contributed by atoms with E-state index in [1.54, 1.807) is 6.20 Å². The summed E-state index contributed by atoms with van der Waals surface area (Å²) in [7, 11) is 0. The topological polar surface area (TPSA) is 192 Å². The van der Waals surface area contributed by atoms with Crippen molar-refractivity contribution in [3.8, 4) is 0 Å². The lowest BCUT2D eigenvalue weighted by atomic mass is 10.00. The number of aliphatic carboxylic acids is 1. The summed E-state index contributed by atoms with van der Waals surface area (Å²) < 4.78 is 0. The number of carbonyl (C=O) groups is 4. The fourth-order valence-corrected chi connectivity index (χ4v) is 4.30. The molecule has 0 saturated carbocycles. The number of hydrogen-bond acceptors (Lipinski definition) is 6. The molecule has 2 rings (SSSR count). The SMILES string of the molecule is CC(C)CC(NC(=O)C(Cc1c[nH]c2ccccc12)NC(=O)C(CCCCN)NC(=O)C(N)C(C)C)C(=O)O. The van der Waals surface area contributed by atoms with Crippen molar-refractivity contribution in [1.29, 1.82) is 0 Å². The first-order valence-corrected chi connectivity index (χ1v) is 13.6. The van der Waals surface area contributed by atoms with Crippen LogP contribution in [-0.4, -0.2) is 64.5 Å². The maximum Gasteiger partial charge on any atom is 0.326 e. The van der Waals surface area contributed by atoms with E-state index in [0.29, 0.717) is 25.8 Å². The van der Waals surface area contributed by atoms with Crippen LogP contribution in [-0.2, 0) is 25.6 Å². The van der Waals surface area contributed by atoms with Crippen molar-refractivity contribution >= 4 is 34.6 Å². The highest BCUT2D eigenvalue weighted by molar-refractivity contribution is 5.94. The van der Waals surface area contributed by atoms with Gasteiger partial charge >= 0.3 is 5.97 Å². The molecule has 0 aliphatic carbocycles. The van der Waals surface area contributed by atoms with Gasteiger partial charge in [-0.3, -0.25) is 14.4 Å². The van der Waals surface area contributed by atoms with Crippen LogP contribution in [0.15, 0.2) is 30.5 Å². The molecule has 9 N–H and O–H groups in total. The number of nitrogens with two attached hydrogens (primary N) is 2. The van der Waals surface area contributed by atoms with Crippen molar-refractivity contribution in [3.63, 3.8) is 0 Å². The van der Waals surface area contributed by atoms with Crippen LogP contribution < -0.4 is 27.4 Å². The first-order valence-electron chi connectivity index (χ1n) is 13.6. The summed E-state index contributed by atoms with van der Waals surface area (Å²) in [6.07, 6.45) is 3.67. The predicted octanol–water partition coefficient (Wildman–Crippen LogP) is 1.41. The number of aromatic nitrogens is 1. The molecule has 0 radical (unpaired) electrons. The van der Waals surface area contributed by atoms with Gasteiger partial charge in [0.25, 0.3) is 0 Å². The Kier molecular flexibility index (Phi) is 12.4. The standard InChI is InChI=1S/C28H44N6O5/c1-16(2)13-23(28(38)39)34-26(36)22(14-18-15-31-20-10-6-5-9-19(18)20)33-25(35)21(11-7-8-12-29)32-27(37)24(30)17(3)4/h5-6,9-10,15-17,21-24,31H,7-8,11-14,29-30H2,1-4H3,(H,32,37)(H,33,35)(H,34,36)(H,38,39). The number of nitrogens with one attached hydrogen (secondary N) is 4. The molecule has 11 nitrogen and oxygen atoms in total. The van der Waals surface area contributed by atoms with Crippen molar-refractivity contribution in [2.75, 3.05) is 6.54 Å². The average Bonchev–Trinajstić information content (AvgIpc) is 3.29. The van der Waals surface area contributed by atoms with Crippen molar-refractivity contribution in [3.05, 3.63) is 36.0 Å². The Morgan fingerprint density at radius 2 is 1.51 bits per heavy atom. The smallest absolute Gasteiger partial charge is 0.326 e. The molecule has 216 valence electrons. The minimum absolute atomic E-state index is 0.0281. The summed E-state index contributed by atoms with van der Waals surface area (Å²) in [6.45, 7) is 7.79. The van der Waals surface area contributed by atoms with E-state index in [4.69, 9.17) is 11.5 Å². The lowest BCUT2D eigenvalue weighted by Crippen LogP contribution is -2.58. The van der Waals surface area contributed by atoms with Crippen LogP contribution in [0.2, 0.25) is 0 Å². The number of unbranched alkanes of at least 4 members (excludes halogenated alkanes) is 1. The van der Waals surface area contributed by atoms with Crippen molar-refractivity contribution in [2.45, 2.75) is 84.0 Å². The van der Waals surface area contributed by atoms with Gasteiger partial charge in [0.05, 0.1) is 6.04 Å². The van der Waals surface area contributed by atoms with Crippen LogP contribution >= 0.6 is 0 Å². The Labute approximate surface area is 229 Å². The summed E-state index contributed by atoms with van der Waals surface area (Å²) in [5.41, 5.74) is 13.3. The van der Waals surface area contributed by atoms with Crippen molar-refractivity contribution in [1.82, 2.24) is 20.9 Å². The predicted molar refractivity (Wildman–Crippen MR) is 151 cm³/mol. The number of carboxylic acids is 1. The molecule has 2 aromatic rings. The molecule has 4 unspecified atom stereocenters. The molecule has 1 heterocycles. The van der Waals surface area contributed by atoms with Crippen LogP contribution in [0.25, 0.3) is 10.9 Å². The van der Waals surface area contributed by atoms with Gasteiger partial charge in [-0.1, -0.05) is 45.9 Å². The lowest BCUT2D eigenvalue weighted by molar-refractivity contribution is -0.142. The molecule has 11 heteroatoms. The van der Waals surface area contributed by atoms with Crippen LogP contribution in [0.5, 0.6) is 0 Å². The second kappa shape index (κ2) is 15.2. The highest BCUT2D eigenvalue weighted by atomic mass is 16.4. The molecule has 0 spiro atoms. The highest BCUT2D eigenvalue weighted by Gasteiger charge is 2.31. The Balaban J connectivity index is 2.32. The average molecular weight is 545 g/mol. The van der Waals surface area contributed by atoms with E-state index in [9.17, 15) is 24.3 Å². The molecule has 0 aliphatic heterocycles. The van der Waals surface area contributed by atoms with Gasteiger partial charge < -0.3 is 37.5 Å². The van der Waals surface area contributed by atoms with Gasteiger partial charge in [0.15, 0.2) is 0 Å². The van der Waals surface area contributed by atoms with Crippen LogP contribution in [0, 0.1) is 11.8 Å². The molecule has 0 aliphatic rings. The first-order chi connectivity index (χ1) is 18.4. The van der Waals surface area contributed by atoms with Gasteiger partial charge in [0.2, 0.25) is 17.7 Å². The molecule has 4 atom stereocenters. The van der Waals surface area contributed by atoms with Gasteiger partial charge in [-0.05, 0) is 55.7 Å². The van der Waals surface area contributed by atoms with Gasteiger partial charge in [0, 0.05) is 23.5 Å². The van der Waals surface area contributed by atoms with Gasteiger partial charge in [-0.2, -0.15) is 0 Å². The molecule has 0 bridgehead atoms. The van der Waals surface area contributed by atoms with Crippen LogP contribution in [0.1, 0.15) is 58.9 Å². The van der Waals surface area contributed by atoms with E-state index in [0.717, 1.165) is 16.5 Å². The number of para-hydroxylation sites is 1. The summed E-state index contributed by atoms with van der Waals surface area (Å²) in [5, 5.41) is 18.6. The monoisotopic (exact) mass is 544 g/mol.